The van der Waals surface area contributed by atoms with Gasteiger partial charge in [0.05, 0.1) is 9.82 Å². The number of nitro benzene ring substituents is 1. The number of carbonyl (C=O) groups is 1. The van der Waals surface area contributed by atoms with Crippen LogP contribution in [0.15, 0.2) is 29.2 Å². The number of aliphatic carboxylic acids is 1. The molecule has 1 aromatic carbocycles. The fourth-order valence-corrected chi connectivity index (χ4v) is 2.28. The van der Waals surface area contributed by atoms with E-state index in [2.05, 4.69) is 0 Å². The van der Waals surface area contributed by atoms with Gasteiger partial charge in [0.25, 0.3) is 5.69 Å². The van der Waals surface area contributed by atoms with Gasteiger partial charge >= 0.3 is 5.97 Å². The van der Waals surface area contributed by atoms with Gasteiger partial charge in [-0.1, -0.05) is 0 Å². The molecule has 8 heteroatoms. The molecule has 0 fully saturated rings. The highest BCUT2D eigenvalue weighted by Gasteiger charge is 2.29. The third kappa shape index (κ3) is 2.59. The molecule has 0 bridgehead atoms. The van der Waals surface area contributed by atoms with Gasteiger partial charge in [0.2, 0.25) is 0 Å². The van der Waals surface area contributed by atoms with Crippen molar-refractivity contribution in [2.75, 3.05) is 0 Å². The Balaban J connectivity index is 3.17. The number of rotatable bonds is 4. The monoisotopic (exact) mass is 259 g/mol. The zero-order valence-corrected chi connectivity index (χ0v) is 9.55. The lowest BCUT2D eigenvalue weighted by molar-refractivity contribution is -0.384. The summed E-state index contributed by atoms with van der Waals surface area (Å²) in [6.45, 7) is 1.04. The fourth-order valence-electron chi connectivity index (χ4n) is 1.09. The molecule has 1 N–H and O–H groups in total. The van der Waals surface area contributed by atoms with Crippen LogP contribution in [0.1, 0.15) is 6.92 Å². The molecule has 0 saturated heterocycles. The minimum atomic E-state index is -4.00. The van der Waals surface area contributed by atoms with Crippen LogP contribution in [-0.2, 0) is 14.6 Å². The van der Waals surface area contributed by atoms with Crippen molar-refractivity contribution >= 4 is 21.5 Å². The van der Waals surface area contributed by atoms with Gasteiger partial charge in [-0.3, -0.25) is 14.9 Å². The maximum absolute atomic E-state index is 11.7. The molecule has 17 heavy (non-hydrogen) atoms. The number of non-ortho nitro benzene ring substituents is 1. The van der Waals surface area contributed by atoms with E-state index in [1.807, 2.05) is 0 Å². The number of benzene rings is 1. The zero-order chi connectivity index (χ0) is 13.2. The van der Waals surface area contributed by atoms with Crippen LogP contribution in [0, 0.1) is 10.1 Å². The first-order valence-electron chi connectivity index (χ1n) is 4.48. The molecule has 0 aromatic heterocycles. The summed E-state index contributed by atoms with van der Waals surface area (Å²) in [5.74, 6) is -1.47. The second kappa shape index (κ2) is 4.50. The topological polar surface area (TPSA) is 115 Å². The van der Waals surface area contributed by atoms with E-state index in [-0.39, 0.29) is 10.6 Å². The lowest BCUT2D eigenvalue weighted by Gasteiger charge is -2.07. The quantitative estimate of drug-likeness (QED) is 0.633. The van der Waals surface area contributed by atoms with Crippen molar-refractivity contribution in [1.29, 1.82) is 0 Å². The minimum absolute atomic E-state index is 0.252. The molecule has 0 amide bonds. The Morgan fingerprint density at radius 1 is 1.35 bits per heavy atom. The van der Waals surface area contributed by atoms with Crippen LogP contribution in [-0.4, -0.2) is 29.7 Å². The Morgan fingerprint density at radius 3 is 2.18 bits per heavy atom. The van der Waals surface area contributed by atoms with Gasteiger partial charge in [-0.25, -0.2) is 8.42 Å². The largest absolute Gasteiger partial charge is 0.480 e. The predicted octanol–water partition coefficient (Wildman–Crippen LogP) is 0.842. The Labute approximate surface area is 96.8 Å². The smallest absolute Gasteiger partial charge is 0.321 e. The second-order valence-corrected chi connectivity index (χ2v) is 5.55. The molecule has 0 aliphatic heterocycles. The molecular formula is C9H9NO6S. The molecule has 1 rings (SSSR count). The van der Waals surface area contributed by atoms with E-state index in [0.29, 0.717) is 0 Å². The van der Waals surface area contributed by atoms with Crippen LogP contribution in [0.4, 0.5) is 5.69 Å². The van der Waals surface area contributed by atoms with E-state index in [1.54, 1.807) is 0 Å². The normalized spacial score (nSPS) is 13.0. The van der Waals surface area contributed by atoms with Crippen molar-refractivity contribution in [2.24, 2.45) is 0 Å². The maximum Gasteiger partial charge on any atom is 0.321 e. The number of nitro groups is 1. The van der Waals surface area contributed by atoms with Gasteiger partial charge in [-0.05, 0) is 19.1 Å². The zero-order valence-electron chi connectivity index (χ0n) is 8.73. The van der Waals surface area contributed by atoms with Crippen LogP contribution < -0.4 is 0 Å². The molecule has 0 spiro atoms. The highest BCUT2D eigenvalue weighted by atomic mass is 32.2. The molecule has 0 radical (unpaired) electrons. The average molecular weight is 259 g/mol. The molecule has 0 saturated carbocycles. The van der Waals surface area contributed by atoms with Gasteiger partial charge in [0.15, 0.2) is 15.1 Å². The number of hydrogen-bond donors (Lipinski definition) is 1. The summed E-state index contributed by atoms with van der Waals surface area (Å²) in [6, 6.07) is 4.07. The van der Waals surface area contributed by atoms with Gasteiger partial charge in [-0.2, -0.15) is 0 Å². The van der Waals surface area contributed by atoms with E-state index in [4.69, 9.17) is 5.11 Å². The summed E-state index contributed by atoms with van der Waals surface area (Å²) in [5.41, 5.74) is -0.257. The number of sulfone groups is 1. The summed E-state index contributed by atoms with van der Waals surface area (Å²) < 4.78 is 23.4. The van der Waals surface area contributed by atoms with Gasteiger partial charge in [0, 0.05) is 12.1 Å². The third-order valence-corrected chi connectivity index (χ3v) is 4.25. The van der Waals surface area contributed by atoms with Crippen LogP contribution in [0.2, 0.25) is 0 Å². The van der Waals surface area contributed by atoms with Crippen molar-refractivity contribution in [3.05, 3.63) is 34.4 Å². The molecule has 7 nitrogen and oxygen atoms in total. The van der Waals surface area contributed by atoms with Gasteiger partial charge in [-0.15, -0.1) is 0 Å². The summed E-state index contributed by atoms with van der Waals surface area (Å²) >= 11 is 0. The van der Waals surface area contributed by atoms with Gasteiger partial charge in [0.1, 0.15) is 0 Å². The Kier molecular flexibility index (Phi) is 3.47. The van der Waals surface area contributed by atoms with Crippen molar-refractivity contribution in [1.82, 2.24) is 0 Å². The Morgan fingerprint density at radius 2 is 1.82 bits per heavy atom. The lowest BCUT2D eigenvalue weighted by Crippen LogP contribution is -2.26. The molecule has 0 aliphatic carbocycles. The first-order valence-corrected chi connectivity index (χ1v) is 6.02. The highest BCUT2D eigenvalue weighted by Crippen LogP contribution is 2.19. The molecule has 0 unspecified atom stereocenters. The Bertz CT molecular complexity index is 547. The average Bonchev–Trinajstić information content (AvgIpc) is 2.27. The molecule has 92 valence electrons. The molecular weight excluding hydrogens is 250 g/mol. The van der Waals surface area contributed by atoms with Crippen molar-refractivity contribution in [3.8, 4) is 0 Å². The van der Waals surface area contributed by atoms with Crippen molar-refractivity contribution in [2.45, 2.75) is 17.1 Å². The van der Waals surface area contributed by atoms with E-state index < -0.39 is 26.0 Å². The summed E-state index contributed by atoms with van der Waals surface area (Å²) in [7, 11) is -4.00. The predicted molar refractivity (Wildman–Crippen MR) is 57.4 cm³/mol. The van der Waals surface area contributed by atoms with Crippen LogP contribution in [0.3, 0.4) is 0 Å². The highest BCUT2D eigenvalue weighted by molar-refractivity contribution is 7.92. The Hall–Kier alpha value is -1.96. The minimum Gasteiger partial charge on any atom is -0.480 e. The summed E-state index contributed by atoms with van der Waals surface area (Å²) in [6.07, 6.45) is 0. The van der Waals surface area contributed by atoms with Crippen LogP contribution in [0.5, 0.6) is 0 Å². The van der Waals surface area contributed by atoms with Crippen LogP contribution in [0.25, 0.3) is 0 Å². The molecule has 0 heterocycles. The second-order valence-electron chi connectivity index (χ2n) is 3.28. The van der Waals surface area contributed by atoms with Crippen LogP contribution >= 0.6 is 0 Å². The summed E-state index contributed by atoms with van der Waals surface area (Å²) in [4.78, 5) is 20.1. The van der Waals surface area contributed by atoms with Crippen molar-refractivity contribution in [3.63, 3.8) is 0 Å². The molecule has 0 aliphatic rings. The van der Waals surface area contributed by atoms with E-state index in [0.717, 1.165) is 31.2 Å². The standard InChI is InChI=1S/C9H9NO6S/c1-6(9(11)12)17(15,16)8-4-2-7(3-5-8)10(13)14/h2-6H,1H3,(H,11,12)/t6-/m0/s1. The van der Waals surface area contributed by atoms with E-state index >= 15 is 0 Å². The first kappa shape index (κ1) is 13.1. The number of nitrogens with zero attached hydrogens (tertiary/aromatic N) is 1. The fraction of sp³-hybridized carbons (Fsp3) is 0.222. The third-order valence-electron chi connectivity index (χ3n) is 2.19. The van der Waals surface area contributed by atoms with E-state index in [9.17, 15) is 23.3 Å². The molecule has 1 aromatic rings. The SMILES string of the molecule is C[C@@H](C(=O)O)S(=O)(=O)c1ccc([N+](=O)[O-])cc1. The van der Waals surface area contributed by atoms with Crippen molar-refractivity contribution < 1.29 is 23.2 Å². The molecule has 1 atom stereocenters. The summed E-state index contributed by atoms with van der Waals surface area (Å²) in [5, 5.41) is 17.4. The lowest BCUT2D eigenvalue weighted by atomic mass is 10.3. The maximum atomic E-state index is 11.7. The first-order chi connectivity index (χ1) is 7.76. The number of hydrogen-bond acceptors (Lipinski definition) is 5. The van der Waals surface area contributed by atoms with E-state index in [1.165, 1.54) is 0 Å². The number of carboxylic acids is 1. The van der Waals surface area contributed by atoms with Gasteiger partial charge < -0.3 is 5.11 Å². The number of carboxylic acid groups (broad SMARTS) is 1.